The molecule has 1 heteroatoms. The Morgan fingerprint density at radius 1 is 0.706 bits per heavy atom. The number of aromatic nitrogens is 1. The van der Waals surface area contributed by atoms with Crippen LogP contribution in [0.4, 0.5) is 0 Å². The summed E-state index contributed by atoms with van der Waals surface area (Å²) < 4.78 is 2.02. The van der Waals surface area contributed by atoms with Crippen LogP contribution in [0.1, 0.15) is 25.0 Å². The Morgan fingerprint density at radius 2 is 1.12 bits per heavy atom. The minimum atomic E-state index is 1.31. The van der Waals surface area contributed by atoms with E-state index in [1.165, 1.54) is 11.1 Å². The third-order valence-electron chi connectivity index (χ3n) is 2.09. The fourth-order valence-electron chi connectivity index (χ4n) is 1.11. The molecule has 0 aliphatic rings. The molecule has 1 aromatic heterocycles. The van der Waals surface area contributed by atoms with Crippen LogP contribution >= 0.6 is 0 Å². The molecule has 0 aliphatic carbocycles. The van der Waals surface area contributed by atoms with Gasteiger partial charge in [-0.15, -0.1) is 0 Å². The predicted molar refractivity (Wildman–Crippen MR) is 74.9 cm³/mol. The van der Waals surface area contributed by atoms with Crippen molar-refractivity contribution in [2.24, 2.45) is 7.05 Å². The lowest BCUT2D eigenvalue weighted by Crippen LogP contribution is -2.25. The maximum absolute atomic E-state index is 2.08. The van der Waals surface area contributed by atoms with E-state index in [4.69, 9.17) is 0 Å². The first-order chi connectivity index (χ1) is 8.18. The van der Waals surface area contributed by atoms with Gasteiger partial charge in [-0.05, 0) is 19.4 Å². The second-order valence-electron chi connectivity index (χ2n) is 3.70. The summed E-state index contributed by atoms with van der Waals surface area (Å²) in [5, 5.41) is 0. The molecule has 0 atom stereocenters. The zero-order valence-corrected chi connectivity index (χ0v) is 11.6. The van der Waals surface area contributed by atoms with Crippen LogP contribution in [0.15, 0.2) is 54.9 Å². The molecular weight excluding hydrogens is 206 g/mol. The van der Waals surface area contributed by atoms with Crippen LogP contribution in [-0.2, 0) is 7.05 Å². The molecule has 0 bridgehead atoms. The Kier molecular flexibility index (Phi) is 8.67. The highest BCUT2D eigenvalue weighted by Gasteiger charge is 1.85. The highest BCUT2D eigenvalue weighted by molar-refractivity contribution is 5.11. The summed E-state index contributed by atoms with van der Waals surface area (Å²) >= 11 is 0. The topological polar surface area (TPSA) is 3.88 Å². The fraction of sp³-hybridized carbons (Fsp3) is 0.312. The number of benzene rings is 1. The lowest BCUT2D eigenvalue weighted by atomic mass is 10.2. The summed E-state index contributed by atoms with van der Waals surface area (Å²) in [4.78, 5) is 0. The molecule has 0 radical (unpaired) electrons. The molecular formula is C16H24N+. The lowest BCUT2D eigenvalue weighted by Gasteiger charge is -1.85. The Hall–Kier alpha value is -1.63. The molecule has 0 saturated carbocycles. The standard InChI is InChI=1S/C7H10N.C7H8.C2H6/c1-7-3-5-8(2)6-4-7;1-7-5-3-2-4-6-7;1-2/h3-6H,1-2H3;2-6H,1H3;1-2H3/q+1;;. The SMILES string of the molecule is CC.Cc1cc[n+](C)cc1.Cc1ccccc1. The van der Waals surface area contributed by atoms with Gasteiger partial charge >= 0.3 is 0 Å². The van der Waals surface area contributed by atoms with Gasteiger partial charge in [0.15, 0.2) is 12.4 Å². The van der Waals surface area contributed by atoms with E-state index in [2.05, 4.69) is 38.1 Å². The van der Waals surface area contributed by atoms with Crippen LogP contribution < -0.4 is 4.57 Å². The van der Waals surface area contributed by atoms with E-state index in [-0.39, 0.29) is 0 Å². The number of rotatable bonds is 0. The normalized spacial score (nSPS) is 8.29. The highest BCUT2D eigenvalue weighted by Crippen LogP contribution is 1.92. The van der Waals surface area contributed by atoms with Gasteiger partial charge in [-0.3, -0.25) is 0 Å². The number of hydrogen-bond acceptors (Lipinski definition) is 0. The van der Waals surface area contributed by atoms with Crippen molar-refractivity contribution in [2.45, 2.75) is 27.7 Å². The molecule has 0 amide bonds. The first-order valence-corrected chi connectivity index (χ1v) is 6.12. The molecule has 2 rings (SSSR count). The van der Waals surface area contributed by atoms with Crippen LogP contribution in [-0.4, -0.2) is 0 Å². The third-order valence-corrected chi connectivity index (χ3v) is 2.09. The monoisotopic (exact) mass is 230 g/mol. The Labute approximate surface area is 106 Å². The average Bonchev–Trinajstić information content (AvgIpc) is 2.37. The molecule has 17 heavy (non-hydrogen) atoms. The van der Waals surface area contributed by atoms with Crippen LogP contribution in [0.3, 0.4) is 0 Å². The third kappa shape index (κ3) is 8.21. The molecule has 0 fully saturated rings. The summed E-state index contributed by atoms with van der Waals surface area (Å²) in [6.07, 6.45) is 4.07. The van der Waals surface area contributed by atoms with E-state index in [1.54, 1.807) is 0 Å². The zero-order chi connectivity index (χ0) is 13.1. The van der Waals surface area contributed by atoms with Crippen molar-refractivity contribution in [1.29, 1.82) is 0 Å². The zero-order valence-electron chi connectivity index (χ0n) is 11.6. The molecule has 0 spiro atoms. The van der Waals surface area contributed by atoms with E-state index < -0.39 is 0 Å². The Balaban J connectivity index is 0.000000265. The Bertz CT molecular complexity index is 355. The molecule has 1 aromatic carbocycles. The molecule has 0 unspecified atom stereocenters. The fourth-order valence-corrected chi connectivity index (χ4v) is 1.11. The molecule has 0 N–H and O–H groups in total. The first-order valence-electron chi connectivity index (χ1n) is 6.12. The predicted octanol–water partition coefficient (Wildman–Crippen LogP) is 3.84. The van der Waals surface area contributed by atoms with Gasteiger partial charge in [0.25, 0.3) is 0 Å². The average molecular weight is 230 g/mol. The quantitative estimate of drug-likeness (QED) is 0.605. The van der Waals surface area contributed by atoms with Gasteiger partial charge in [-0.25, -0.2) is 4.57 Å². The first kappa shape index (κ1) is 15.4. The summed E-state index contributed by atoms with van der Waals surface area (Å²) in [5.74, 6) is 0. The van der Waals surface area contributed by atoms with Gasteiger partial charge in [-0.1, -0.05) is 49.7 Å². The maximum atomic E-state index is 2.08. The van der Waals surface area contributed by atoms with Gasteiger partial charge in [0.2, 0.25) is 0 Å². The van der Waals surface area contributed by atoms with Gasteiger partial charge in [0, 0.05) is 12.1 Å². The minimum absolute atomic E-state index is 1.31. The molecule has 1 nitrogen and oxygen atoms in total. The van der Waals surface area contributed by atoms with Crippen LogP contribution in [0.5, 0.6) is 0 Å². The minimum Gasteiger partial charge on any atom is -0.208 e. The van der Waals surface area contributed by atoms with E-state index >= 15 is 0 Å². The smallest absolute Gasteiger partial charge is 0.168 e. The van der Waals surface area contributed by atoms with Crippen LogP contribution in [0.25, 0.3) is 0 Å². The van der Waals surface area contributed by atoms with E-state index in [0.717, 1.165) is 0 Å². The van der Waals surface area contributed by atoms with Crippen LogP contribution in [0, 0.1) is 13.8 Å². The van der Waals surface area contributed by atoms with Crippen molar-refractivity contribution in [3.63, 3.8) is 0 Å². The molecule has 0 aliphatic heterocycles. The summed E-state index contributed by atoms with van der Waals surface area (Å²) in [7, 11) is 2.01. The molecule has 2 aromatic rings. The lowest BCUT2D eigenvalue weighted by molar-refractivity contribution is -0.671. The number of nitrogens with zero attached hydrogens (tertiary/aromatic N) is 1. The second kappa shape index (κ2) is 9.59. The van der Waals surface area contributed by atoms with Crippen molar-refractivity contribution in [3.05, 3.63) is 66.0 Å². The molecule has 1 heterocycles. The summed E-state index contributed by atoms with van der Waals surface area (Å²) in [6, 6.07) is 14.4. The van der Waals surface area contributed by atoms with Gasteiger partial charge < -0.3 is 0 Å². The molecule has 0 saturated heterocycles. The van der Waals surface area contributed by atoms with E-state index in [9.17, 15) is 0 Å². The number of pyridine rings is 1. The van der Waals surface area contributed by atoms with E-state index in [0.29, 0.717) is 0 Å². The van der Waals surface area contributed by atoms with E-state index in [1.807, 2.05) is 56.1 Å². The maximum Gasteiger partial charge on any atom is 0.168 e. The van der Waals surface area contributed by atoms with Gasteiger partial charge in [0.1, 0.15) is 7.05 Å². The Morgan fingerprint density at radius 3 is 1.41 bits per heavy atom. The van der Waals surface area contributed by atoms with Crippen molar-refractivity contribution >= 4 is 0 Å². The van der Waals surface area contributed by atoms with Gasteiger partial charge in [-0.2, -0.15) is 0 Å². The van der Waals surface area contributed by atoms with Gasteiger partial charge in [0.05, 0.1) is 0 Å². The number of hydrogen-bond donors (Lipinski definition) is 0. The summed E-state index contributed by atoms with van der Waals surface area (Å²) in [5.41, 5.74) is 2.63. The van der Waals surface area contributed by atoms with Crippen molar-refractivity contribution in [2.75, 3.05) is 0 Å². The van der Waals surface area contributed by atoms with Crippen molar-refractivity contribution in [3.8, 4) is 0 Å². The van der Waals surface area contributed by atoms with Crippen molar-refractivity contribution < 1.29 is 4.57 Å². The summed E-state index contributed by atoms with van der Waals surface area (Å²) in [6.45, 7) is 8.17. The number of aryl methyl sites for hydroxylation is 3. The highest BCUT2D eigenvalue weighted by atomic mass is 14.9. The van der Waals surface area contributed by atoms with Crippen molar-refractivity contribution in [1.82, 2.24) is 0 Å². The van der Waals surface area contributed by atoms with Crippen LogP contribution in [0.2, 0.25) is 0 Å². The largest absolute Gasteiger partial charge is 0.208 e. The molecule has 92 valence electrons. The second-order valence-corrected chi connectivity index (χ2v) is 3.70.